The van der Waals surface area contributed by atoms with Gasteiger partial charge in [0.1, 0.15) is 0 Å². The molecule has 0 aromatic heterocycles. The first-order valence-electron chi connectivity index (χ1n) is 6.88. The summed E-state index contributed by atoms with van der Waals surface area (Å²) in [6, 6.07) is 0. The van der Waals surface area contributed by atoms with Crippen molar-refractivity contribution in [1.29, 1.82) is 0 Å². The molecule has 1 saturated carbocycles. The van der Waals surface area contributed by atoms with Gasteiger partial charge in [-0.2, -0.15) is 0 Å². The standard InChI is InChI=1S/C14H19NO3/c16-13(15-6-2-1-3-7-15)11-9-4-5-10(8-9)12(11)14(17)18/h4-5,9-12H,1-3,6-8H2,(H,17,18)/t9-,10-,11+,12-/m0/s1. The largest absolute Gasteiger partial charge is 0.481 e. The van der Waals surface area contributed by atoms with Gasteiger partial charge in [-0.15, -0.1) is 0 Å². The van der Waals surface area contributed by atoms with Gasteiger partial charge in [0, 0.05) is 13.1 Å². The van der Waals surface area contributed by atoms with Crippen molar-refractivity contribution in [3.05, 3.63) is 12.2 Å². The minimum Gasteiger partial charge on any atom is -0.481 e. The molecule has 1 amide bonds. The Hall–Kier alpha value is -1.32. The number of aliphatic carboxylic acids is 1. The van der Waals surface area contributed by atoms with Crippen LogP contribution >= 0.6 is 0 Å². The van der Waals surface area contributed by atoms with Crippen molar-refractivity contribution in [2.75, 3.05) is 13.1 Å². The van der Waals surface area contributed by atoms with Gasteiger partial charge in [0.25, 0.3) is 0 Å². The van der Waals surface area contributed by atoms with Crippen molar-refractivity contribution in [2.24, 2.45) is 23.7 Å². The van der Waals surface area contributed by atoms with Crippen LogP contribution in [0.1, 0.15) is 25.7 Å². The van der Waals surface area contributed by atoms with Crippen molar-refractivity contribution >= 4 is 11.9 Å². The zero-order chi connectivity index (χ0) is 12.7. The third kappa shape index (κ3) is 1.74. The van der Waals surface area contributed by atoms with Gasteiger partial charge in [0.05, 0.1) is 11.8 Å². The number of carbonyl (C=O) groups excluding carboxylic acids is 1. The van der Waals surface area contributed by atoms with E-state index < -0.39 is 11.9 Å². The van der Waals surface area contributed by atoms with E-state index >= 15 is 0 Å². The van der Waals surface area contributed by atoms with Crippen LogP contribution in [0.3, 0.4) is 0 Å². The quantitative estimate of drug-likeness (QED) is 0.755. The molecule has 0 unspecified atom stereocenters. The molecule has 3 aliphatic rings. The summed E-state index contributed by atoms with van der Waals surface area (Å²) in [4.78, 5) is 25.8. The molecule has 0 aromatic carbocycles. The lowest BCUT2D eigenvalue weighted by Gasteiger charge is -2.33. The summed E-state index contributed by atoms with van der Waals surface area (Å²) in [7, 11) is 0. The number of piperidine rings is 1. The molecule has 18 heavy (non-hydrogen) atoms. The summed E-state index contributed by atoms with van der Waals surface area (Å²) in [6.45, 7) is 1.62. The molecular weight excluding hydrogens is 230 g/mol. The number of hydrogen-bond acceptors (Lipinski definition) is 2. The summed E-state index contributed by atoms with van der Waals surface area (Å²) in [5.74, 6) is -1.29. The molecule has 2 fully saturated rings. The molecule has 0 radical (unpaired) electrons. The van der Waals surface area contributed by atoms with Crippen molar-refractivity contribution in [1.82, 2.24) is 4.90 Å². The summed E-state index contributed by atoms with van der Waals surface area (Å²) in [5.41, 5.74) is 0. The number of fused-ring (bicyclic) bond motifs is 2. The Kier molecular flexibility index (Phi) is 2.88. The molecule has 1 saturated heterocycles. The van der Waals surface area contributed by atoms with Crippen LogP contribution in [0.4, 0.5) is 0 Å². The van der Waals surface area contributed by atoms with Crippen LogP contribution < -0.4 is 0 Å². The lowest BCUT2D eigenvalue weighted by Crippen LogP contribution is -2.44. The Bertz CT molecular complexity index is 398. The predicted octanol–water partition coefficient (Wildman–Crippen LogP) is 1.52. The maximum Gasteiger partial charge on any atom is 0.307 e. The van der Waals surface area contributed by atoms with E-state index in [2.05, 4.69) is 6.08 Å². The first kappa shape index (κ1) is 11.8. The van der Waals surface area contributed by atoms with Gasteiger partial charge in [-0.25, -0.2) is 0 Å². The minimum atomic E-state index is -0.804. The van der Waals surface area contributed by atoms with Gasteiger partial charge < -0.3 is 10.0 Å². The van der Waals surface area contributed by atoms with Crippen LogP contribution in [-0.4, -0.2) is 35.0 Å². The fraction of sp³-hybridized carbons (Fsp3) is 0.714. The van der Waals surface area contributed by atoms with E-state index in [1.807, 2.05) is 11.0 Å². The van der Waals surface area contributed by atoms with Gasteiger partial charge >= 0.3 is 5.97 Å². The van der Waals surface area contributed by atoms with Gasteiger partial charge in [0.2, 0.25) is 5.91 Å². The minimum absolute atomic E-state index is 0.0752. The van der Waals surface area contributed by atoms with Crippen LogP contribution in [0.25, 0.3) is 0 Å². The smallest absolute Gasteiger partial charge is 0.307 e. The van der Waals surface area contributed by atoms with E-state index in [0.29, 0.717) is 0 Å². The summed E-state index contributed by atoms with van der Waals surface area (Å²) >= 11 is 0. The highest BCUT2D eigenvalue weighted by Crippen LogP contribution is 2.48. The van der Waals surface area contributed by atoms with Crippen molar-refractivity contribution in [3.8, 4) is 0 Å². The van der Waals surface area contributed by atoms with Gasteiger partial charge in [0.15, 0.2) is 0 Å². The predicted molar refractivity (Wildman–Crippen MR) is 65.8 cm³/mol. The molecule has 1 heterocycles. The zero-order valence-electron chi connectivity index (χ0n) is 10.4. The Morgan fingerprint density at radius 1 is 1.00 bits per heavy atom. The first-order chi connectivity index (χ1) is 8.68. The first-order valence-corrected chi connectivity index (χ1v) is 6.88. The number of likely N-dealkylation sites (tertiary alicyclic amines) is 1. The number of hydrogen-bond donors (Lipinski definition) is 1. The lowest BCUT2D eigenvalue weighted by atomic mass is 9.82. The molecule has 4 heteroatoms. The third-order valence-corrected chi connectivity index (χ3v) is 4.70. The fourth-order valence-corrected chi connectivity index (χ4v) is 3.82. The number of carbonyl (C=O) groups is 2. The van der Waals surface area contributed by atoms with E-state index in [4.69, 9.17) is 0 Å². The maximum atomic E-state index is 12.5. The maximum absolute atomic E-state index is 12.5. The molecule has 0 spiro atoms. The molecule has 1 aliphatic heterocycles. The molecule has 1 N–H and O–H groups in total. The van der Waals surface area contributed by atoms with Gasteiger partial charge in [-0.05, 0) is 37.5 Å². The van der Waals surface area contributed by atoms with E-state index in [9.17, 15) is 14.7 Å². The topological polar surface area (TPSA) is 57.6 Å². The van der Waals surface area contributed by atoms with Crippen LogP contribution in [-0.2, 0) is 9.59 Å². The average Bonchev–Trinajstić information content (AvgIpc) is 2.99. The van der Waals surface area contributed by atoms with E-state index in [-0.39, 0.29) is 23.7 Å². The zero-order valence-corrected chi connectivity index (χ0v) is 10.4. The molecule has 4 nitrogen and oxygen atoms in total. The fourth-order valence-electron chi connectivity index (χ4n) is 3.82. The molecule has 2 aliphatic carbocycles. The lowest BCUT2D eigenvalue weighted by molar-refractivity contribution is -0.151. The number of nitrogens with zero attached hydrogens (tertiary/aromatic N) is 1. The van der Waals surface area contributed by atoms with Crippen molar-refractivity contribution in [2.45, 2.75) is 25.7 Å². The SMILES string of the molecule is O=C(O)[C@@H]1[C@H](C(=O)N2CCCCC2)[C@H]2C=C[C@H]1C2. The third-order valence-electron chi connectivity index (χ3n) is 4.70. The normalized spacial score (nSPS) is 38.1. The summed E-state index contributed by atoms with van der Waals surface area (Å²) in [5, 5.41) is 9.35. The Morgan fingerprint density at radius 2 is 1.61 bits per heavy atom. The molecule has 0 aromatic rings. The highest BCUT2D eigenvalue weighted by Gasteiger charge is 2.52. The molecule has 4 atom stereocenters. The second kappa shape index (κ2) is 4.41. The van der Waals surface area contributed by atoms with Crippen LogP contribution in [0.2, 0.25) is 0 Å². The monoisotopic (exact) mass is 249 g/mol. The number of rotatable bonds is 2. The Labute approximate surface area is 107 Å². The van der Waals surface area contributed by atoms with Crippen molar-refractivity contribution < 1.29 is 14.7 Å². The average molecular weight is 249 g/mol. The highest BCUT2D eigenvalue weighted by molar-refractivity contribution is 5.87. The summed E-state index contributed by atoms with van der Waals surface area (Å²) in [6.07, 6.45) is 8.18. The second-order valence-corrected chi connectivity index (χ2v) is 5.72. The summed E-state index contributed by atoms with van der Waals surface area (Å²) < 4.78 is 0. The van der Waals surface area contributed by atoms with Crippen LogP contribution in [0.15, 0.2) is 12.2 Å². The Morgan fingerprint density at radius 3 is 2.22 bits per heavy atom. The van der Waals surface area contributed by atoms with Gasteiger partial charge in [-0.3, -0.25) is 9.59 Å². The number of amides is 1. The number of allylic oxidation sites excluding steroid dienone is 2. The van der Waals surface area contributed by atoms with E-state index in [0.717, 1.165) is 32.4 Å². The Balaban J connectivity index is 1.79. The van der Waals surface area contributed by atoms with Crippen LogP contribution in [0.5, 0.6) is 0 Å². The number of carboxylic acid groups (broad SMARTS) is 1. The molecule has 3 rings (SSSR count). The van der Waals surface area contributed by atoms with Gasteiger partial charge in [-0.1, -0.05) is 12.2 Å². The molecule has 2 bridgehead atoms. The molecule has 98 valence electrons. The van der Waals surface area contributed by atoms with E-state index in [1.165, 1.54) is 6.42 Å². The molecular formula is C14H19NO3. The van der Waals surface area contributed by atoms with Crippen LogP contribution in [0, 0.1) is 23.7 Å². The number of carboxylic acids is 1. The second-order valence-electron chi connectivity index (χ2n) is 5.72. The van der Waals surface area contributed by atoms with E-state index in [1.54, 1.807) is 0 Å². The van der Waals surface area contributed by atoms with Crippen molar-refractivity contribution in [3.63, 3.8) is 0 Å². The highest BCUT2D eigenvalue weighted by atomic mass is 16.4.